The fourth-order valence-electron chi connectivity index (χ4n) is 2.77. The zero-order valence-corrected chi connectivity index (χ0v) is 13.8. The first-order chi connectivity index (χ1) is 12.7. The molecule has 4 aromatic rings. The Morgan fingerprint density at radius 2 is 1.50 bits per heavy atom. The highest BCUT2D eigenvalue weighted by atomic mass is 16.3. The molecule has 0 fully saturated rings. The third-order valence-corrected chi connectivity index (χ3v) is 4.08. The van der Waals surface area contributed by atoms with Crippen LogP contribution in [0.2, 0.25) is 0 Å². The van der Waals surface area contributed by atoms with Crippen LogP contribution in [0.5, 0.6) is 0 Å². The summed E-state index contributed by atoms with van der Waals surface area (Å²) < 4.78 is 5.86. The molecule has 3 aromatic carbocycles. The van der Waals surface area contributed by atoms with Crippen LogP contribution in [0.1, 0.15) is 10.4 Å². The van der Waals surface area contributed by atoms with Crippen molar-refractivity contribution >= 4 is 22.6 Å². The van der Waals surface area contributed by atoms with Crippen molar-refractivity contribution in [3.05, 3.63) is 101 Å². The quantitative estimate of drug-likeness (QED) is 0.587. The maximum atomic E-state index is 12.5. The Hall–Kier alpha value is -3.66. The summed E-state index contributed by atoms with van der Waals surface area (Å²) >= 11 is 0. The van der Waals surface area contributed by atoms with Crippen LogP contribution in [0.4, 0.5) is 5.69 Å². The van der Waals surface area contributed by atoms with Gasteiger partial charge in [0, 0.05) is 22.9 Å². The van der Waals surface area contributed by atoms with Gasteiger partial charge in [-0.2, -0.15) is 0 Å². The number of amides is 1. The molecule has 0 aliphatic carbocycles. The van der Waals surface area contributed by atoms with Gasteiger partial charge in [-0.25, -0.2) is 0 Å². The number of fused-ring (bicyclic) bond motifs is 1. The topological polar surface area (TPSA) is 59.3 Å². The van der Waals surface area contributed by atoms with E-state index in [1.54, 1.807) is 42.5 Å². The van der Waals surface area contributed by atoms with Gasteiger partial charge >= 0.3 is 0 Å². The average molecular weight is 341 g/mol. The highest BCUT2D eigenvalue weighted by Gasteiger charge is 2.10. The van der Waals surface area contributed by atoms with Gasteiger partial charge in [0.1, 0.15) is 11.3 Å². The molecule has 126 valence electrons. The van der Waals surface area contributed by atoms with Crippen molar-refractivity contribution in [3.63, 3.8) is 0 Å². The predicted octanol–water partition coefficient (Wildman–Crippen LogP) is 4.71. The van der Waals surface area contributed by atoms with Gasteiger partial charge in [-0.15, -0.1) is 0 Å². The molecular weight excluding hydrogens is 326 g/mol. The molecule has 0 saturated heterocycles. The lowest BCUT2D eigenvalue weighted by Crippen LogP contribution is -2.12. The van der Waals surface area contributed by atoms with E-state index in [2.05, 4.69) is 5.32 Å². The van der Waals surface area contributed by atoms with Crippen molar-refractivity contribution < 1.29 is 9.21 Å². The highest BCUT2D eigenvalue weighted by Crippen LogP contribution is 2.24. The number of carbonyl (C=O) groups is 1. The summed E-state index contributed by atoms with van der Waals surface area (Å²) in [5, 5.41) is 3.23. The Kier molecular flexibility index (Phi) is 4.07. The van der Waals surface area contributed by atoms with Crippen molar-refractivity contribution in [1.29, 1.82) is 0 Å². The van der Waals surface area contributed by atoms with Crippen LogP contribution in [0.3, 0.4) is 0 Å². The lowest BCUT2D eigenvalue weighted by atomic mass is 10.1. The molecule has 1 amide bonds. The smallest absolute Gasteiger partial charge is 0.255 e. The van der Waals surface area contributed by atoms with Crippen LogP contribution >= 0.6 is 0 Å². The second-order valence-corrected chi connectivity index (χ2v) is 5.87. The van der Waals surface area contributed by atoms with Crippen molar-refractivity contribution in [2.75, 3.05) is 5.32 Å². The van der Waals surface area contributed by atoms with Crippen LogP contribution in [0.25, 0.3) is 22.3 Å². The van der Waals surface area contributed by atoms with Gasteiger partial charge in [0.2, 0.25) is 0 Å². The van der Waals surface area contributed by atoms with Gasteiger partial charge in [-0.05, 0) is 30.3 Å². The second-order valence-electron chi connectivity index (χ2n) is 5.87. The van der Waals surface area contributed by atoms with Crippen LogP contribution in [0, 0.1) is 0 Å². The predicted molar refractivity (Wildman–Crippen MR) is 102 cm³/mol. The van der Waals surface area contributed by atoms with E-state index in [1.165, 1.54) is 6.07 Å². The molecule has 1 aromatic heterocycles. The fraction of sp³-hybridized carbons (Fsp3) is 0. The molecule has 0 unspecified atom stereocenters. The summed E-state index contributed by atoms with van der Waals surface area (Å²) in [5.41, 5.74) is 2.27. The van der Waals surface area contributed by atoms with Crippen LogP contribution < -0.4 is 10.7 Å². The number of nitrogens with one attached hydrogen (secondary N) is 1. The van der Waals surface area contributed by atoms with Gasteiger partial charge in [-0.3, -0.25) is 9.59 Å². The second kappa shape index (κ2) is 6.69. The largest absolute Gasteiger partial charge is 0.456 e. The Balaban J connectivity index is 1.69. The number of anilines is 1. The van der Waals surface area contributed by atoms with Crippen LogP contribution in [-0.4, -0.2) is 5.91 Å². The zero-order valence-electron chi connectivity index (χ0n) is 13.8. The molecule has 4 rings (SSSR count). The summed E-state index contributed by atoms with van der Waals surface area (Å²) in [4.78, 5) is 24.8. The normalized spacial score (nSPS) is 10.6. The standard InChI is InChI=1S/C22H15NO3/c24-19-14-21(15-7-3-1-4-8-15)26-20-12-11-17(13-18(19)20)23-22(25)16-9-5-2-6-10-16/h1-14H,(H,23,25). The number of hydrogen-bond donors (Lipinski definition) is 1. The van der Waals surface area contributed by atoms with E-state index in [9.17, 15) is 9.59 Å². The molecule has 0 bridgehead atoms. The van der Waals surface area contributed by atoms with Gasteiger partial charge in [-0.1, -0.05) is 48.5 Å². The summed E-state index contributed by atoms with van der Waals surface area (Å²) in [5.74, 6) is 0.291. The number of benzene rings is 3. The Bertz CT molecular complexity index is 1130. The van der Waals surface area contributed by atoms with E-state index in [-0.39, 0.29) is 11.3 Å². The Morgan fingerprint density at radius 1 is 0.808 bits per heavy atom. The van der Waals surface area contributed by atoms with Gasteiger partial charge in [0.25, 0.3) is 5.91 Å². The molecule has 0 spiro atoms. The molecule has 0 saturated carbocycles. The van der Waals surface area contributed by atoms with E-state index < -0.39 is 0 Å². The van der Waals surface area contributed by atoms with E-state index in [0.29, 0.717) is 28.0 Å². The van der Waals surface area contributed by atoms with Gasteiger partial charge in [0.05, 0.1) is 5.39 Å². The maximum absolute atomic E-state index is 12.5. The number of rotatable bonds is 3. The fourth-order valence-corrected chi connectivity index (χ4v) is 2.77. The highest BCUT2D eigenvalue weighted by molar-refractivity contribution is 6.05. The first kappa shape index (κ1) is 15.8. The number of hydrogen-bond acceptors (Lipinski definition) is 3. The van der Waals surface area contributed by atoms with Crippen molar-refractivity contribution in [2.45, 2.75) is 0 Å². The Morgan fingerprint density at radius 3 is 2.23 bits per heavy atom. The van der Waals surface area contributed by atoms with Crippen molar-refractivity contribution in [3.8, 4) is 11.3 Å². The van der Waals surface area contributed by atoms with Gasteiger partial charge < -0.3 is 9.73 Å². The molecule has 4 nitrogen and oxygen atoms in total. The van der Waals surface area contributed by atoms with E-state index >= 15 is 0 Å². The average Bonchev–Trinajstić information content (AvgIpc) is 2.69. The molecular formula is C22H15NO3. The molecule has 0 radical (unpaired) electrons. The van der Waals surface area contributed by atoms with Crippen molar-refractivity contribution in [2.24, 2.45) is 0 Å². The zero-order chi connectivity index (χ0) is 17.9. The molecule has 1 heterocycles. The monoisotopic (exact) mass is 341 g/mol. The number of carbonyl (C=O) groups excluding carboxylic acids is 1. The summed E-state index contributed by atoms with van der Waals surface area (Å²) in [6.07, 6.45) is 0. The third-order valence-electron chi connectivity index (χ3n) is 4.08. The first-order valence-electron chi connectivity index (χ1n) is 8.20. The maximum Gasteiger partial charge on any atom is 0.255 e. The van der Waals surface area contributed by atoms with Crippen LogP contribution in [0.15, 0.2) is 94.1 Å². The summed E-state index contributed by atoms with van der Waals surface area (Å²) in [7, 11) is 0. The minimum atomic E-state index is -0.227. The van der Waals surface area contributed by atoms with Gasteiger partial charge in [0.15, 0.2) is 5.43 Å². The lowest BCUT2D eigenvalue weighted by Gasteiger charge is -2.07. The summed E-state index contributed by atoms with van der Waals surface area (Å²) in [6, 6.07) is 24.9. The molecule has 0 atom stereocenters. The minimum absolute atomic E-state index is 0.152. The minimum Gasteiger partial charge on any atom is -0.456 e. The summed E-state index contributed by atoms with van der Waals surface area (Å²) in [6.45, 7) is 0. The molecule has 0 aliphatic rings. The Labute approximate surface area is 149 Å². The SMILES string of the molecule is O=C(Nc1ccc2oc(-c3ccccc3)cc(=O)c2c1)c1ccccc1. The molecule has 1 N–H and O–H groups in total. The molecule has 26 heavy (non-hydrogen) atoms. The lowest BCUT2D eigenvalue weighted by molar-refractivity contribution is 0.102. The van der Waals surface area contributed by atoms with E-state index in [4.69, 9.17) is 4.42 Å². The third kappa shape index (κ3) is 3.13. The first-order valence-corrected chi connectivity index (χ1v) is 8.20. The van der Waals surface area contributed by atoms with Crippen LogP contribution in [-0.2, 0) is 0 Å². The molecule has 0 aliphatic heterocycles. The molecule has 4 heteroatoms. The van der Waals surface area contributed by atoms with Crippen molar-refractivity contribution in [1.82, 2.24) is 0 Å². The van der Waals surface area contributed by atoms with E-state index in [0.717, 1.165) is 5.56 Å². The van der Waals surface area contributed by atoms with E-state index in [1.807, 2.05) is 36.4 Å².